The average molecular weight is 432 g/mol. The van der Waals surface area contributed by atoms with Crippen LogP contribution in [-0.2, 0) is 27.5 Å². The maximum absolute atomic E-state index is 12.1. The molecule has 0 bridgehead atoms. The number of benzene rings is 2. The van der Waals surface area contributed by atoms with E-state index in [1.807, 2.05) is 54.6 Å². The van der Waals surface area contributed by atoms with E-state index in [1.54, 1.807) is 7.05 Å². The van der Waals surface area contributed by atoms with Crippen molar-refractivity contribution in [2.24, 2.45) is 0 Å². The summed E-state index contributed by atoms with van der Waals surface area (Å²) in [5, 5.41) is 11.7. The van der Waals surface area contributed by atoms with Gasteiger partial charge in [0.2, 0.25) is 6.29 Å². The molecule has 0 saturated heterocycles. The Labute approximate surface area is 167 Å². The van der Waals surface area contributed by atoms with E-state index in [9.17, 15) is 4.79 Å². The molecule has 5 nitrogen and oxygen atoms in total. The van der Waals surface area contributed by atoms with Crippen LogP contribution in [0.2, 0.25) is 0 Å². The number of carbonyl (C=O) groups is 1. The van der Waals surface area contributed by atoms with E-state index >= 15 is 0 Å². The summed E-state index contributed by atoms with van der Waals surface area (Å²) >= 11 is 3.44. The summed E-state index contributed by atoms with van der Waals surface area (Å²) in [6, 6.07) is 15.6. The smallest absolute Gasteiger partial charge is 0.285 e. The molecule has 2 aromatic carbocycles. The number of amides is 1. The second-order valence-electron chi connectivity index (χ2n) is 6.34. The number of aliphatic hydroxyl groups is 1. The lowest BCUT2D eigenvalue weighted by Gasteiger charge is -2.29. The van der Waals surface area contributed by atoms with Gasteiger partial charge in [-0.3, -0.25) is 4.79 Å². The number of rotatable bonds is 6. The predicted octanol–water partition coefficient (Wildman–Crippen LogP) is 3.62. The van der Waals surface area contributed by atoms with Gasteiger partial charge in [-0.2, -0.15) is 0 Å². The maximum Gasteiger partial charge on any atom is 0.285 e. The number of halogens is 1. The van der Waals surface area contributed by atoms with Crippen LogP contribution in [0.15, 0.2) is 64.8 Å². The second-order valence-corrected chi connectivity index (χ2v) is 7.25. The highest BCUT2D eigenvalue weighted by Gasteiger charge is 2.28. The van der Waals surface area contributed by atoms with Gasteiger partial charge < -0.3 is 19.9 Å². The van der Waals surface area contributed by atoms with Gasteiger partial charge in [-0.05, 0) is 34.9 Å². The highest BCUT2D eigenvalue weighted by molar-refractivity contribution is 9.10. The van der Waals surface area contributed by atoms with Gasteiger partial charge in [-0.15, -0.1) is 0 Å². The van der Waals surface area contributed by atoms with Crippen molar-refractivity contribution in [2.75, 3.05) is 7.05 Å². The van der Waals surface area contributed by atoms with Gasteiger partial charge in [0.05, 0.1) is 13.2 Å². The highest BCUT2D eigenvalue weighted by atomic mass is 79.9. The van der Waals surface area contributed by atoms with Crippen LogP contribution in [0.5, 0.6) is 0 Å². The standard InChI is InChI=1S/C21H22BrNO4/c1-23-21(25)19-10-17(16-6-8-18(22)9-7-16)11-20(27-19)26-13-15-4-2-14(12-24)3-5-15/h2-10,17,20,24H,11-13H2,1H3,(H,23,25)/t17-,20+/m1/s1. The number of aliphatic hydroxyl groups excluding tert-OH is 1. The lowest BCUT2D eigenvalue weighted by molar-refractivity contribution is -0.150. The quantitative estimate of drug-likeness (QED) is 0.732. The molecule has 0 saturated carbocycles. The fourth-order valence-corrected chi connectivity index (χ4v) is 3.18. The molecule has 0 spiro atoms. The highest BCUT2D eigenvalue weighted by Crippen LogP contribution is 2.32. The third-order valence-electron chi connectivity index (χ3n) is 4.45. The van der Waals surface area contributed by atoms with E-state index in [0.29, 0.717) is 13.0 Å². The molecule has 2 N–H and O–H groups in total. The molecule has 1 aliphatic heterocycles. The molecule has 2 aromatic rings. The number of likely N-dealkylation sites (N-methyl/N-ethyl adjacent to an activating group) is 1. The molecule has 1 aliphatic rings. The van der Waals surface area contributed by atoms with Gasteiger partial charge in [0.15, 0.2) is 5.76 Å². The minimum absolute atomic E-state index is 0.0159. The second kappa shape index (κ2) is 9.17. The number of nitrogens with one attached hydrogen (secondary N) is 1. The van der Waals surface area contributed by atoms with Crippen molar-refractivity contribution < 1.29 is 19.4 Å². The lowest BCUT2D eigenvalue weighted by atomic mass is 9.93. The molecule has 0 unspecified atom stereocenters. The molecule has 6 heteroatoms. The van der Waals surface area contributed by atoms with Crippen LogP contribution in [0, 0.1) is 0 Å². The average Bonchev–Trinajstić information content (AvgIpc) is 2.72. The van der Waals surface area contributed by atoms with Crippen LogP contribution in [0.1, 0.15) is 29.0 Å². The lowest BCUT2D eigenvalue weighted by Crippen LogP contribution is -2.31. The van der Waals surface area contributed by atoms with Crippen molar-refractivity contribution in [1.29, 1.82) is 0 Å². The zero-order valence-corrected chi connectivity index (χ0v) is 16.6. The molecular weight excluding hydrogens is 410 g/mol. The molecule has 1 amide bonds. The Kier molecular flexibility index (Phi) is 6.66. The Morgan fingerprint density at radius 2 is 1.85 bits per heavy atom. The first-order valence-corrected chi connectivity index (χ1v) is 9.54. The topological polar surface area (TPSA) is 67.8 Å². The Balaban J connectivity index is 1.72. The zero-order chi connectivity index (χ0) is 19.2. The van der Waals surface area contributed by atoms with Crippen LogP contribution in [0.4, 0.5) is 0 Å². The van der Waals surface area contributed by atoms with Gasteiger partial charge in [-0.25, -0.2) is 0 Å². The molecule has 142 valence electrons. The molecule has 3 rings (SSSR count). The molecule has 27 heavy (non-hydrogen) atoms. The van der Waals surface area contributed by atoms with Crippen LogP contribution in [-0.4, -0.2) is 24.4 Å². The summed E-state index contributed by atoms with van der Waals surface area (Å²) in [4.78, 5) is 12.1. The van der Waals surface area contributed by atoms with Crippen molar-refractivity contribution in [3.05, 3.63) is 81.5 Å². The third-order valence-corrected chi connectivity index (χ3v) is 4.98. The molecular formula is C21H22BrNO4. The number of ether oxygens (including phenoxy) is 2. The Bertz CT molecular complexity index is 802. The van der Waals surface area contributed by atoms with Crippen molar-refractivity contribution >= 4 is 21.8 Å². The van der Waals surface area contributed by atoms with Crippen molar-refractivity contribution in [1.82, 2.24) is 5.32 Å². The third kappa shape index (κ3) is 5.19. The Morgan fingerprint density at radius 3 is 2.48 bits per heavy atom. The fraction of sp³-hybridized carbons (Fsp3) is 0.286. The molecule has 0 aromatic heterocycles. The van der Waals surface area contributed by atoms with Gasteiger partial charge in [-0.1, -0.05) is 52.3 Å². The normalized spacial score (nSPS) is 19.1. The summed E-state index contributed by atoms with van der Waals surface area (Å²) < 4.78 is 12.7. The molecule has 1 heterocycles. The summed E-state index contributed by atoms with van der Waals surface area (Å²) in [6.07, 6.45) is 1.95. The first-order valence-electron chi connectivity index (χ1n) is 8.75. The molecule has 0 aliphatic carbocycles. The number of carbonyl (C=O) groups excluding carboxylic acids is 1. The largest absolute Gasteiger partial charge is 0.459 e. The number of hydrogen-bond acceptors (Lipinski definition) is 4. The number of hydrogen-bond donors (Lipinski definition) is 2. The Morgan fingerprint density at radius 1 is 1.19 bits per heavy atom. The molecule has 0 radical (unpaired) electrons. The van der Waals surface area contributed by atoms with Crippen molar-refractivity contribution in [3.63, 3.8) is 0 Å². The first kappa shape index (κ1) is 19.6. The monoisotopic (exact) mass is 431 g/mol. The van der Waals surface area contributed by atoms with Gasteiger partial charge in [0.1, 0.15) is 0 Å². The van der Waals surface area contributed by atoms with E-state index in [-0.39, 0.29) is 24.2 Å². The summed E-state index contributed by atoms with van der Waals surface area (Å²) in [5.74, 6) is 0.0379. The minimum atomic E-state index is -0.520. The zero-order valence-electron chi connectivity index (χ0n) is 15.0. The number of allylic oxidation sites excluding steroid dienone is 1. The SMILES string of the molecule is CNC(=O)C1=C[C@@H](c2ccc(Br)cc2)C[C@@H](OCc2ccc(CO)cc2)O1. The van der Waals surface area contributed by atoms with Crippen LogP contribution < -0.4 is 5.32 Å². The fourth-order valence-electron chi connectivity index (χ4n) is 2.91. The van der Waals surface area contributed by atoms with Gasteiger partial charge in [0.25, 0.3) is 5.91 Å². The van der Waals surface area contributed by atoms with E-state index in [1.165, 1.54) is 0 Å². The van der Waals surface area contributed by atoms with Crippen molar-refractivity contribution in [2.45, 2.75) is 31.8 Å². The summed E-state index contributed by atoms with van der Waals surface area (Å²) in [6.45, 7) is 0.381. The van der Waals surface area contributed by atoms with E-state index in [2.05, 4.69) is 21.2 Å². The summed E-state index contributed by atoms with van der Waals surface area (Å²) in [7, 11) is 1.58. The van der Waals surface area contributed by atoms with E-state index < -0.39 is 6.29 Å². The molecule has 0 fully saturated rings. The van der Waals surface area contributed by atoms with Crippen molar-refractivity contribution in [3.8, 4) is 0 Å². The van der Waals surface area contributed by atoms with Gasteiger partial charge in [0, 0.05) is 23.9 Å². The maximum atomic E-state index is 12.1. The van der Waals surface area contributed by atoms with Crippen LogP contribution in [0.25, 0.3) is 0 Å². The van der Waals surface area contributed by atoms with Crippen LogP contribution >= 0.6 is 15.9 Å². The van der Waals surface area contributed by atoms with Crippen LogP contribution in [0.3, 0.4) is 0 Å². The van der Waals surface area contributed by atoms with E-state index in [4.69, 9.17) is 14.6 Å². The minimum Gasteiger partial charge on any atom is -0.459 e. The summed E-state index contributed by atoms with van der Waals surface area (Å²) in [5.41, 5.74) is 2.93. The van der Waals surface area contributed by atoms with E-state index in [0.717, 1.165) is 21.2 Å². The predicted molar refractivity (Wildman–Crippen MR) is 106 cm³/mol. The Hall–Kier alpha value is -2.15. The first-order chi connectivity index (χ1) is 13.1. The molecule has 2 atom stereocenters. The van der Waals surface area contributed by atoms with Gasteiger partial charge >= 0.3 is 0 Å².